The minimum Gasteiger partial charge on any atom is -0.381 e. The maximum absolute atomic E-state index is 5.49. The van der Waals surface area contributed by atoms with E-state index in [-0.39, 0.29) is 0 Å². The summed E-state index contributed by atoms with van der Waals surface area (Å²) in [6, 6.07) is 8.31. The number of nitrogens with zero attached hydrogens (tertiary/aromatic N) is 4. The number of guanidine groups is 1. The fraction of sp³-hybridized carbons (Fsp3) is 0.474. The van der Waals surface area contributed by atoms with Crippen LogP contribution in [0.5, 0.6) is 0 Å². The first kappa shape index (κ1) is 17.5. The second-order valence-electron chi connectivity index (χ2n) is 6.38. The summed E-state index contributed by atoms with van der Waals surface area (Å²) in [6.45, 7) is 6.28. The van der Waals surface area contributed by atoms with Crippen molar-refractivity contribution in [2.75, 3.05) is 33.4 Å². The third-order valence-electron chi connectivity index (χ3n) is 4.43. The van der Waals surface area contributed by atoms with E-state index in [1.807, 2.05) is 23.2 Å². The van der Waals surface area contributed by atoms with Gasteiger partial charge in [0.25, 0.3) is 0 Å². The molecule has 6 nitrogen and oxygen atoms in total. The number of hydrogen-bond donors (Lipinski definition) is 1. The molecule has 0 bridgehead atoms. The highest BCUT2D eigenvalue weighted by Crippen LogP contribution is 2.16. The maximum atomic E-state index is 5.49. The van der Waals surface area contributed by atoms with Crippen LogP contribution in [0.2, 0.25) is 0 Å². The van der Waals surface area contributed by atoms with E-state index in [1.165, 1.54) is 5.56 Å². The van der Waals surface area contributed by atoms with Crippen LogP contribution in [-0.2, 0) is 11.3 Å². The van der Waals surface area contributed by atoms with Crippen molar-refractivity contribution in [3.8, 4) is 5.69 Å². The van der Waals surface area contributed by atoms with Crippen LogP contribution in [0.1, 0.15) is 18.9 Å². The van der Waals surface area contributed by atoms with Gasteiger partial charge in [-0.3, -0.25) is 0 Å². The van der Waals surface area contributed by atoms with Crippen molar-refractivity contribution >= 4 is 5.96 Å². The number of aromatic nitrogens is 2. The standard InChI is InChI=1S/C19H27N5O/c1-3-21-19(23(2)13-16-8-11-25-14-16)22-12-17-6-4-5-7-18(17)24-10-9-20-15-24/h4-7,9-10,15-16H,3,8,11-14H2,1-2H3,(H,21,22). The molecule has 1 aliphatic heterocycles. The summed E-state index contributed by atoms with van der Waals surface area (Å²) in [5.41, 5.74) is 2.29. The normalized spacial score (nSPS) is 17.7. The Morgan fingerprint density at radius 2 is 2.32 bits per heavy atom. The highest BCUT2D eigenvalue weighted by molar-refractivity contribution is 5.79. The number of rotatable bonds is 6. The lowest BCUT2D eigenvalue weighted by atomic mass is 10.1. The average molecular weight is 341 g/mol. The Morgan fingerprint density at radius 1 is 1.44 bits per heavy atom. The monoisotopic (exact) mass is 341 g/mol. The van der Waals surface area contributed by atoms with Gasteiger partial charge >= 0.3 is 0 Å². The second kappa shape index (κ2) is 8.67. The van der Waals surface area contributed by atoms with Crippen molar-refractivity contribution < 1.29 is 4.74 Å². The molecule has 0 aliphatic carbocycles. The van der Waals surface area contributed by atoms with E-state index in [2.05, 4.69) is 47.4 Å². The Labute approximate surface area is 149 Å². The summed E-state index contributed by atoms with van der Waals surface area (Å²) in [6.07, 6.45) is 6.70. The summed E-state index contributed by atoms with van der Waals surface area (Å²) >= 11 is 0. The summed E-state index contributed by atoms with van der Waals surface area (Å²) in [5.74, 6) is 1.53. The molecule has 2 aromatic rings. The lowest BCUT2D eigenvalue weighted by molar-refractivity contribution is 0.181. The van der Waals surface area contributed by atoms with Gasteiger partial charge in [-0.15, -0.1) is 0 Å². The van der Waals surface area contributed by atoms with Gasteiger partial charge in [-0.05, 0) is 25.0 Å². The number of nitrogens with one attached hydrogen (secondary N) is 1. The number of hydrogen-bond acceptors (Lipinski definition) is 3. The third kappa shape index (κ3) is 4.60. The Morgan fingerprint density at radius 3 is 3.04 bits per heavy atom. The van der Waals surface area contributed by atoms with E-state index in [0.29, 0.717) is 12.5 Å². The Bertz CT molecular complexity index is 677. The SMILES string of the molecule is CCNC(=NCc1ccccc1-n1ccnc1)N(C)CC1CCOC1. The zero-order valence-electron chi connectivity index (χ0n) is 15.1. The van der Waals surface area contributed by atoms with Crippen molar-refractivity contribution in [2.24, 2.45) is 10.9 Å². The molecule has 6 heteroatoms. The highest BCUT2D eigenvalue weighted by Gasteiger charge is 2.19. The Kier molecular flexibility index (Phi) is 6.06. The van der Waals surface area contributed by atoms with Crippen molar-refractivity contribution in [1.82, 2.24) is 19.8 Å². The van der Waals surface area contributed by atoms with Gasteiger partial charge < -0.3 is 19.5 Å². The molecular formula is C19H27N5O. The Hall–Kier alpha value is -2.34. The van der Waals surface area contributed by atoms with Gasteiger partial charge in [0.05, 0.1) is 25.2 Å². The largest absolute Gasteiger partial charge is 0.381 e. The molecule has 1 atom stereocenters. The first-order chi connectivity index (χ1) is 12.3. The average Bonchev–Trinajstić information content (AvgIpc) is 3.32. The fourth-order valence-corrected chi connectivity index (χ4v) is 3.13. The van der Waals surface area contributed by atoms with E-state index in [4.69, 9.17) is 9.73 Å². The van der Waals surface area contributed by atoms with E-state index in [9.17, 15) is 0 Å². The molecule has 1 saturated heterocycles. The molecule has 1 N–H and O–H groups in total. The van der Waals surface area contributed by atoms with Crippen LogP contribution < -0.4 is 5.32 Å². The number of para-hydroxylation sites is 1. The summed E-state index contributed by atoms with van der Waals surface area (Å²) in [7, 11) is 2.10. The molecule has 1 fully saturated rings. The summed E-state index contributed by atoms with van der Waals surface area (Å²) in [5, 5.41) is 3.40. The van der Waals surface area contributed by atoms with Gasteiger partial charge in [0, 0.05) is 45.1 Å². The first-order valence-electron chi connectivity index (χ1n) is 8.91. The first-order valence-corrected chi connectivity index (χ1v) is 8.91. The van der Waals surface area contributed by atoms with Crippen molar-refractivity contribution in [3.63, 3.8) is 0 Å². The second-order valence-corrected chi connectivity index (χ2v) is 6.38. The van der Waals surface area contributed by atoms with E-state index >= 15 is 0 Å². The molecule has 1 aromatic carbocycles. The third-order valence-corrected chi connectivity index (χ3v) is 4.43. The number of ether oxygens (including phenoxy) is 1. The van der Waals surface area contributed by atoms with Gasteiger partial charge in [-0.1, -0.05) is 18.2 Å². The van der Waals surface area contributed by atoms with Gasteiger partial charge in [-0.2, -0.15) is 0 Å². The highest BCUT2D eigenvalue weighted by atomic mass is 16.5. The smallest absolute Gasteiger partial charge is 0.193 e. The molecule has 25 heavy (non-hydrogen) atoms. The van der Waals surface area contributed by atoms with Gasteiger partial charge in [0.1, 0.15) is 0 Å². The minimum atomic E-state index is 0.590. The van der Waals surface area contributed by atoms with E-state index in [0.717, 1.165) is 44.4 Å². The zero-order valence-corrected chi connectivity index (χ0v) is 15.1. The van der Waals surface area contributed by atoms with Crippen LogP contribution in [0, 0.1) is 5.92 Å². The summed E-state index contributed by atoms with van der Waals surface area (Å²) in [4.78, 5) is 11.2. The van der Waals surface area contributed by atoms with E-state index < -0.39 is 0 Å². The van der Waals surface area contributed by atoms with Crippen molar-refractivity contribution in [2.45, 2.75) is 19.9 Å². The predicted molar refractivity (Wildman–Crippen MR) is 99.9 cm³/mol. The summed E-state index contributed by atoms with van der Waals surface area (Å²) < 4.78 is 7.51. The minimum absolute atomic E-state index is 0.590. The van der Waals surface area contributed by atoms with Gasteiger partial charge in [0.2, 0.25) is 0 Å². The maximum Gasteiger partial charge on any atom is 0.193 e. The van der Waals surface area contributed by atoms with Crippen LogP contribution >= 0.6 is 0 Å². The predicted octanol–water partition coefficient (Wildman–Crippen LogP) is 2.31. The molecule has 0 spiro atoms. The molecule has 1 aromatic heterocycles. The van der Waals surface area contributed by atoms with Crippen molar-refractivity contribution in [3.05, 3.63) is 48.5 Å². The van der Waals surface area contributed by atoms with E-state index in [1.54, 1.807) is 6.20 Å². The number of aliphatic imine (C=N–C) groups is 1. The fourth-order valence-electron chi connectivity index (χ4n) is 3.13. The zero-order chi connectivity index (χ0) is 17.5. The molecule has 2 heterocycles. The molecule has 1 aliphatic rings. The molecule has 1 unspecified atom stereocenters. The molecule has 134 valence electrons. The van der Waals surface area contributed by atoms with Crippen LogP contribution in [0.15, 0.2) is 48.0 Å². The topological polar surface area (TPSA) is 54.7 Å². The molecule has 0 amide bonds. The lowest BCUT2D eigenvalue weighted by Gasteiger charge is -2.24. The van der Waals surface area contributed by atoms with Crippen molar-refractivity contribution in [1.29, 1.82) is 0 Å². The van der Waals surface area contributed by atoms with Crippen LogP contribution in [0.25, 0.3) is 5.69 Å². The van der Waals surface area contributed by atoms with Gasteiger partial charge in [0.15, 0.2) is 5.96 Å². The van der Waals surface area contributed by atoms with Crippen LogP contribution in [-0.4, -0.2) is 53.8 Å². The quantitative estimate of drug-likeness (QED) is 0.647. The molecule has 3 rings (SSSR count). The molecular weight excluding hydrogens is 314 g/mol. The number of imidazole rings is 1. The molecule has 0 radical (unpaired) electrons. The molecule has 0 saturated carbocycles. The lowest BCUT2D eigenvalue weighted by Crippen LogP contribution is -2.41. The Balaban J connectivity index is 1.73. The number of benzene rings is 1. The van der Waals surface area contributed by atoms with Crippen LogP contribution in [0.4, 0.5) is 0 Å². The van der Waals surface area contributed by atoms with Gasteiger partial charge in [-0.25, -0.2) is 9.98 Å². The van der Waals surface area contributed by atoms with Crippen LogP contribution in [0.3, 0.4) is 0 Å².